The molecule has 1 unspecified atom stereocenters. The molecular formula is C14H29ClN2. The molecular weight excluding hydrogens is 232 g/mol. The second kappa shape index (κ2) is 6.96. The van der Waals surface area contributed by atoms with Gasteiger partial charge in [0.2, 0.25) is 0 Å². The second-order valence-corrected chi connectivity index (χ2v) is 6.18. The van der Waals surface area contributed by atoms with Gasteiger partial charge in [0, 0.05) is 6.54 Å². The van der Waals surface area contributed by atoms with Gasteiger partial charge in [0.1, 0.15) is 0 Å². The number of piperidine rings is 2. The van der Waals surface area contributed by atoms with E-state index in [-0.39, 0.29) is 12.4 Å². The number of nitrogens with one attached hydrogen (secondary N) is 1. The largest absolute Gasteiger partial charge is 0.316 e. The lowest BCUT2D eigenvalue weighted by molar-refractivity contribution is 0.0967. The summed E-state index contributed by atoms with van der Waals surface area (Å²) in [6.07, 6.45) is 6.98. The summed E-state index contributed by atoms with van der Waals surface area (Å²) < 4.78 is 0. The number of hydrogen-bond donors (Lipinski definition) is 1. The lowest BCUT2D eigenvalue weighted by atomic mass is 9.78. The quantitative estimate of drug-likeness (QED) is 0.840. The molecule has 0 radical (unpaired) electrons. The minimum Gasteiger partial charge on any atom is -0.316 e. The van der Waals surface area contributed by atoms with E-state index in [1.807, 2.05) is 0 Å². The van der Waals surface area contributed by atoms with Crippen molar-refractivity contribution in [3.8, 4) is 0 Å². The molecule has 2 nitrogen and oxygen atoms in total. The highest BCUT2D eigenvalue weighted by Crippen LogP contribution is 2.34. The highest BCUT2D eigenvalue weighted by Gasteiger charge is 2.29. The topological polar surface area (TPSA) is 15.3 Å². The molecule has 102 valence electrons. The summed E-state index contributed by atoms with van der Waals surface area (Å²) in [4.78, 5) is 2.70. The van der Waals surface area contributed by atoms with E-state index in [0.717, 1.165) is 5.92 Å². The van der Waals surface area contributed by atoms with Gasteiger partial charge >= 0.3 is 0 Å². The molecule has 0 bridgehead atoms. The van der Waals surface area contributed by atoms with E-state index in [0.29, 0.717) is 5.41 Å². The zero-order valence-electron chi connectivity index (χ0n) is 11.5. The van der Waals surface area contributed by atoms with Crippen LogP contribution in [0, 0.1) is 11.3 Å². The number of hydrogen-bond acceptors (Lipinski definition) is 2. The first-order valence-corrected chi connectivity index (χ1v) is 7.15. The van der Waals surface area contributed by atoms with Crippen LogP contribution in [0.1, 0.15) is 46.0 Å². The van der Waals surface area contributed by atoms with E-state index in [2.05, 4.69) is 24.1 Å². The van der Waals surface area contributed by atoms with Gasteiger partial charge in [0.15, 0.2) is 0 Å². The molecule has 0 aromatic carbocycles. The Morgan fingerprint density at radius 1 is 1.29 bits per heavy atom. The van der Waals surface area contributed by atoms with Gasteiger partial charge in [-0.3, -0.25) is 0 Å². The van der Waals surface area contributed by atoms with Gasteiger partial charge in [-0.05, 0) is 63.2 Å². The Labute approximate surface area is 113 Å². The highest BCUT2D eigenvalue weighted by atomic mass is 35.5. The van der Waals surface area contributed by atoms with Crippen LogP contribution in [0.2, 0.25) is 0 Å². The Hall–Kier alpha value is 0.210. The third-order valence-electron chi connectivity index (χ3n) is 4.83. The Morgan fingerprint density at radius 3 is 2.53 bits per heavy atom. The lowest BCUT2D eigenvalue weighted by Gasteiger charge is -2.40. The molecule has 2 fully saturated rings. The van der Waals surface area contributed by atoms with Crippen LogP contribution >= 0.6 is 12.4 Å². The standard InChI is InChI=1S/C14H28N2.ClH/c1-3-14(2)6-9-16(10-7-14)12-13-5-4-8-15-11-13;/h13,15H,3-12H2,1-2H3;1H. The van der Waals surface area contributed by atoms with Crippen LogP contribution in [0.25, 0.3) is 0 Å². The van der Waals surface area contributed by atoms with E-state index < -0.39 is 0 Å². The van der Waals surface area contributed by atoms with Crippen LogP contribution in [0.4, 0.5) is 0 Å². The molecule has 3 heteroatoms. The van der Waals surface area contributed by atoms with Crippen molar-refractivity contribution in [2.75, 3.05) is 32.7 Å². The highest BCUT2D eigenvalue weighted by molar-refractivity contribution is 5.85. The predicted octanol–water partition coefficient (Wildman–Crippen LogP) is 2.92. The zero-order valence-corrected chi connectivity index (χ0v) is 12.3. The van der Waals surface area contributed by atoms with Crippen molar-refractivity contribution < 1.29 is 0 Å². The maximum Gasteiger partial charge on any atom is 0.00218 e. The van der Waals surface area contributed by atoms with Gasteiger partial charge in [-0.1, -0.05) is 20.3 Å². The number of likely N-dealkylation sites (tertiary alicyclic amines) is 1. The summed E-state index contributed by atoms with van der Waals surface area (Å²) in [6, 6.07) is 0. The molecule has 0 spiro atoms. The van der Waals surface area contributed by atoms with Crippen molar-refractivity contribution in [3.63, 3.8) is 0 Å². The fourth-order valence-electron chi connectivity index (χ4n) is 3.07. The molecule has 0 aliphatic carbocycles. The Balaban J connectivity index is 0.00000144. The van der Waals surface area contributed by atoms with Crippen molar-refractivity contribution >= 4 is 12.4 Å². The van der Waals surface area contributed by atoms with Crippen LogP contribution < -0.4 is 5.32 Å². The minimum absolute atomic E-state index is 0. The van der Waals surface area contributed by atoms with Gasteiger partial charge in [-0.15, -0.1) is 12.4 Å². The van der Waals surface area contributed by atoms with Crippen molar-refractivity contribution in [1.82, 2.24) is 10.2 Å². The first-order valence-electron chi connectivity index (χ1n) is 7.15. The Morgan fingerprint density at radius 2 is 2.00 bits per heavy atom. The molecule has 0 aromatic rings. The maximum atomic E-state index is 3.53. The fraction of sp³-hybridized carbons (Fsp3) is 1.00. The summed E-state index contributed by atoms with van der Waals surface area (Å²) in [5.41, 5.74) is 0.640. The number of halogens is 1. The normalized spacial score (nSPS) is 29.6. The molecule has 2 aliphatic rings. The Bertz CT molecular complexity index is 206. The molecule has 2 heterocycles. The van der Waals surface area contributed by atoms with Crippen LogP contribution in [0.3, 0.4) is 0 Å². The van der Waals surface area contributed by atoms with Crippen molar-refractivity contribution in [1.29, 1.82) is 0 Å². The fourth-order valence-corrected chi connectivity index (χ4v) is 3.07. The molecule has 2 rings (SSSR count). The molecule has 17 heavy (non-hydrogen) atoms. The van der Waals surface area contributed by atoms with Gasteiger partial charge < -0.3 is 10.2 Å². The van der Waals surface area contributed by atoms with Gasteiger partial charge in [-0.25, -0.2) is 0 Å². The van der Waals surface area contributed by atoms with Crippen LogP contribution in [-0.2, 0) is 0 Å². The Kier molecular flexibility index (Phi) is 6.25. The van der Waals surface area contributed by atoms with E-state index in [4.69, 9.17) is 0 Å². The lowest BCUT2D eigenvalue weighted by Crippen LogP contribution is -2.43. The summed E-state index contributed by atoms with van der Waals surface area (Å²) in [5, 5.41) is 3.53. The SMILES string of the molecule is CCC1(C)CCN(CC2CCCNC2)CC1.Cl. The first-order chi connectivity index (χ1) is 7.72. The third kappa shape index (κ3) is 4.42. The summed E-state index contributed by atoms with van der Waals surface area (Å²) in [5.74, 6) is 0.916. The van der Waals surface area contributed by atoms with Gasteiger partial charge in [-0.2, -0.15) is 0 Å². The molecule has 0 amide bonds. The van der Waals surface area contributed by atoms with E-state index in [1.165, 1.54) is 64.8 Å². The van der Waals surface area contributed by atoms with Gasteiger partial charge in [0.25, 0.3) is 0 Å². The number of nitrogens with zero attached hydrogens (tertiary/aromatic N) is 1. The van der Waals surface area contributed by atoms with Crippen LogP contribution in [0.5, 0.6) is 0 Å². The van der Waals surface area contributed by atoms with Crippen molar-refractivity contribution in [2.45, 2.75) is 46.0 Å². The summed E-state index contributed by atoms with van der Waals surface area (Å²) in [6.45, 7) is 11.3. The van der Waals surface area contributed by atoms with Crippen molar-refractivity contribution in [3.05, 3.63) is 0 Å². The van der Waals surface area contributed by atoms with Gasteiger partial charge in [0.05, 0.1) is 0 Å². The predicted molar refractivity (Wildman–Crippen MR) is 76.9 cm³/mol. The zero-order chi connectivity index (χ0) is 11.4. The van der Waals surface area contributed by atoms with Crippen LogP contribution in [-0.4, -0.2) is 37.6 Å². The van der Waals surface area contributed by atoms with Crippen LogP contribution in [0.15, 0.2) is 0 Å². The molecule has 2 aliphatic heterocycles. The molecule has 1 atom stereocenters. The average molecular weight is 261 g/mol. The van der Waals surface area contributed by atoms with E-state index in [9.17, 15) is 0 Å². The first kappa shape index (κ1) is 15.3. The molecule has 1 N–H and O–H groups in total. The number of rotatable bonds is 3. The minimum atomic E-state index is 0. The average Bonchev–Trinajstić information content (AvgIpc) is 2.34. The summed E-state index contributed by atoms with van der Waals surface area (Å²) in [7, 11) is 0. The monoisotopic (exact) mass is 260 g/mol. The maximum absolute atomic E-state index is 3.53. The molecule has 0 aromatic heterocycles. The third-order valence-corrected chi connectivity index (χ3v) is 4.83. The smallest absolute Gasteiger partial charge is 0.00218 e. The van der Waals surface area contributed by atoms with E-state index in [1.54, 1.807) is 0 Å². The molecule has 0 saturated carbocycles. The second-order valence-electron chi connectivity index (χ2n) is 6.18. The van der Waals surface area contributed by atoms with Crippen molar-refractivity contribution in [2.24, 2.45) is 11.3 Å². The molecule has 2 saturated heterocycles. The summed E-state index contributed by atoms with van der Waals surface area (Å²) >= 11 is 0. The van der Waals surface area contributed by atoms with E-state index >= 15 is 0 Å².